The molecule has 0 aliphatic rings. The molecule has 1 amide bonds. The van der Waals surface area contributed by atoms with Crippen LogP contribution in [-0.4, -0.2) is 42.0 Å². The van der Waals surface area contributed by atoms with Gasteiger partial charge < -0.3 is 9.64 Å². The Labute approximate surface area is 100 Å². The summed E-state index contributed by atoms with van der Waals surface area (Å²) in [5, 5.41) is 0. The molecular formula is C12H16N2O3. The zero-order valence-corrected chi connectivity index (χ0v) is 10.0. The van der Waals surface area contributed by atoms with Crippen molar-refractivity contribution in [2.24, 2.45) is 0 Å². The lowest BCUT2D eigenvalue weighted by Crippen LogP contribution is -2.33. The van der Waals surface area contributed by atoms with Crippen LogP contribution in [0.5, 0.6) is 0 Å². The molecule has 0 spiro atoms. The number of nitrogens with zero attached hydrogens (tertiary/aromatic N) is 2. The first-order chi connectivity index (χ1) is 8.19. The minimum Gasteiger partial charge on any atom is -0.469 e. The predicted octanol–water partition coefficient (Wildman–Crippen LogP) is 1.11. The number of methoxy groups -OCH3 is 1. The van der Waals surface area contributed by atoms with Crippen LogP contribution in [0, 0.1) is 0 Å². The van der Waals surface area contributed by atoms with E-state index >= 15 is 0 Å². The summed E-state index contributed by atoms with van der Waals surface area (Å²) in [4.78, 5) is 28.5. The molecule has 0 N–H and O–H groups in total. The van der Waals surface area contributed by atoms with E-state index in [1.165, 1.54) is 7.11 Å². The highest BCUT2D eigenvalue weighted by Crippen LogP contribution is 2.04. The largest absolute Gasteiger partial charge is 0.469 e. The number of carbonyl (C=O) groups excluding carboxylic acids is 2. The Balaban J connectivity index is 2.62. The Bertz CT molecular complexity index is 379. The molecule has 1 aromatic heterocycles. The van der Waals surface area contributed by atoms with Crippen molar-refractivity contribution in [1.29, 1.82) is 0 Å². The number of esters is 1. The zero-order chi connectivity index (χ0) is 12.7. The van der Waals surface area contributed by atoms with Crippen LogP contribution in [0.1, 0.15) is 23.7 Å². The normalized spacial score (nSPS) is 9.76. The standard InChI is InChI=1S/C12H16N2O3/c1-3-14(9-6-11(15)17-2)12(16)10-4-7-13-8-5-10/h4-5,7-8H,3,6,9H2,1-2H3. The Morgan fingerprint density at radius 2 is 2.00 bits per heavy atom. The van der Waals surface area contributed by atoms with Gasteiger partial charge in [-0.25, -0.2) is 0 Å². The monoisotopic (exact) mass is 236 g/mol. The van der Waals surface area contributed by atoms with E-state index in [2.05, 4.69) is 9.72 Å². The molecule has 0 radical (unpaired) electrons. The summed E-state index contributed by atoms with van der Waals surface area (Å²) in [6.07, 6.45) is 3.35. The zero-order valence-electron chi connectivity index (χ0n) is 10.0. The number of ether oxygens (including phenoxy) is 1. The third-order valence-electron chi connectivity index (χ3n) is 2.41. The van der Waals surface area contributed by atoms with Gasteiger partial charge in [0.1, 0.15) is 0 Å². The summed E-state index contributed by atoms with van der Waals surface area (Å²) in [6.45, 7) is 2.79. The van der Waals surface area contributed by atoms with Gasteiger partial charge in [0, 0.05) is 31.0 Å². The van der Waals surface area contributed by atoms with Gasteiger partial charge in [0.15, 0.2) is 0 Å². The summed E-state index contributed by atoms with van der Waals surface area (Å²) < 4.78 is 4.54. The molecule has 5 heteroatoms. The van der Waals surface area contributed by atoms with Crippen LogP contribution in [0.2, 0.25) is 0 Å². The molecule has 17 heavy (non-hydrogen) atoms. The van der Waals surface area contributed by atoms with Gasteiger partial charge in [-0.05, 0) is 19.1 Å². The van der Waals surface area contributed by atoms with Crippen molar-refractivity contribution in [1.82, 2.24) is 9.88 Å². The number of pyridine rings is 1. The molecule has 0 atom stereocenters. The topological polar surface area (TPSA) is 59.5 Å². The number of hydrogen-bond donors (Lipinski definition) is 0. The van der Waals surface area contributed by atoms with Gasteiger partial charge in [-0.2, -0.15) is 0 Å². The average Bonchev–Trinajstić information content (AvgIpc) is 2.39. The summed E-state index contributed by atoms with van der Waals surface area (Å²) >= 11 is 0. The van der Waals surface area contributed by atoms with Crippen molar-refractivity contribution in [2.45, 2.75) is 13.3 Å². The van der Waals surface area contributed by atoms with E-state index in [-0.39, 0.29) is 18.3 Å². The van der Waals surface area contributed by atoms with Crippen LogP contribution in [-0.2, 0) is 9.53 Å². The van der Waals surface area contributed by atoms with Crippen LogP contribution in [0.4, 0.5) is 0 Å². The van der Waals surface area contributed by atoms with E-state index in [4.69, 9.17) is 0 Å². The first-order valence-electron chi connectivity index (χ1n) is 5.45. The van der Waals surface area contributed by atoms with Crippen LogP contribution < -0.4 is 0 Å². The van der Waals surface area contributed by atoms with E-state index in [9.17, 15) is 9.59 Å². The quantitative estimate of drug-likeness (QED) is 0.718. The highest BCUT2D eigenvalue weighted by atomic mass is 16.5. The molecule has 1 heterocycles. The fraction of sp³-hybridized carbons (Fsp3) is 0.417. The van der Waals surface area contributed by atoms with E-state index in [0.717, 1.165) is 0 Å². The van der Waals surface area contributed by atoms with E-state index in [1.54, 1.807) is 29.4 Å². The van der Waals surface area contributed by atoms with E-state index in [0.29, 0.717) is 18.7 Å². The second-order valence-corrected chi connectivity index (χ2v) is 3.45. The van der Waals surface area contributed by atoms with Crippen LogP contribution in [0.15, 0.2) is 24.5 Å². The average molecular weight is 236 g/mol. The van der Waals surface area contributed by atoms with Crippen molar-refractivity contribution in [3.8, 4) is 0 Å². The first kappa shape index (κ1) is 13.2. The molecule has 1 aromatic rings. The maximum absolute atomic E-state index is 12.0. The Morgan fingerprint density at radius 3 is 2.53 bits per heavy atom. The molecule has 0 aromatic carbocycles. The number of hydrogen-bond acceptors (Lipinski definition) is 4. The summed E-state index contributed by atoms with van der Waals surface area (Å²) in [5.41, 5.74) is 0.576. The smallest absolute Gasteiger partial charge is 0.307 e. The Hall–Kier alpha value is -1.91. The number of amides is 1. The highest BCUT2D eigenvalue weighted by molar-refractivity contribution is 5.94. The van der Waals surface area contributed by atoms with Gasteiger partial charge in [0.25, 0.3) is 5.91 Å². The summed E-state index contributed by atoms with van der Waals surface area (Å²) in [6, 6.07) is 3.31. The highest BCUT2D eigenvalue weighted by Gasteiger charge is 2.14. The molecule has 0 saturated carbocycles. The number of carbonyl (C=O) groups is 2. The fourth-order valence-corrected chi connectivity index (χ4v) is 1.41. The number of rotatable bonds is 5. The van der Waals surface area contributed by atoms with Gasteiger partial charge in [-0.3, -0.25) is 14.6 Å². The van der Waals surface area contributed by atoms with Gasteiger partial charge in [-0.15, -0.1) is 0 Å². The lowest BCUT2D eigenvalue weighted by atomic mass is 10.2. The van der Waals surface area contributed by atoms with Crippen molar-refractivity contribution in [2.75, 3.05) is 20.2 Å². The first-order valence-corrected chi connectivity index (χ1v) is 5.45. The second-order valence-electron chi connectivity index (χ2n) is 3.45. The molecule has 1 rings (SSSR count). The van der Waals surface area contributed by atoms with Gasteiger partial charge >= 0.3 is 5.97 Å². The maximum Gasteiger partial charge on any atom is 0.307 e. The van der Waals surface area contributed by atoms with Gasteiger partial charge in [0.2, 0.25) is 0 Å². The predicted molar refractivity (Wildman–Crippen MR) is 62.4 cm³/mol. The fourth-order valence-electron chi connectivity index (χ4n) is 1.41. The molecule has 0 aliphatic carbocycles. The maximum atomic E-state index is 12.0. The Kier molecular flexibility index (Phi) is 5.13. The van der Waals surface area contributed by atoms with Crippen LogP contribution in [0.25, 0.3) is 0 Å². The minimum absolute atomic E-state index is 0.0983. The van der Waals surface area contributed by atoms with Crippen LogP contribution in [0.3, 0.4) is 0 Å². The van der Waals surface area contributed by atoms with Gasteiger partial charge in [0.05, 0.1) is 13.5 Å². The van der Waals surface area contributed by atoms with Crippen LogP contribution >= 0.6 is 0 Å². The van der Waals surface area contributed by atoms with E-state index in [1.807, 2.05) is 6.92 Å². The lowest BCUT2D eigenvalue weighted by molar-refractivity contribution is -0.140. The van der Waals surface area contributed by atoms with Crippen molar-refractivity contribution >= 4 is 11.9 Å². The number of aromatic nitrogens is 1. The molecule has 0 fully saturated rings. The second kappa shape index (κ2) is 6.62. The van der Waals surface area contributed by atoms with Crippen molar-refractivity contribution in [3.05, 3.63) is 30.1 Å². The lowest BCUT2D eigenvalue weighted by Gasteiger charge is -2.20. The van der Waals surface area contributed by atoms with Gasteiger partial charge in [-0.1, -0.05) is 0 Å². The third-order valence-corrected chi connectivity index (χ3v) is 2.41. The van der Waals surface area contributed by atoms with Crippen molar-refractivity contribution in [3.63, 3.8) is 0 Å². The SMILES string of the molecule is CCN(CCC(=O)OC)C(=O)c1ccncc1. The minimum atomic E-state index is -0.314. The Morgan fingerprint density at radius 1 is 1.35 bits per heavy atom. The molecule has 0 bridgehead atoms. The molecule has 5 nitrogen and oxygen atoms in total. The summed E-state index contributed by atoms with van der Waals surface area (Å²) in [5.74, 6) is -0.412. The molecule has 0 saturated heterocycles. The van der Waals surface area contributed by atoms with Crippen molar-refractivity contribution < 1.29 is 14.3 Å². The molecular weight excluding hydrogens is 220 g/mol. The van der Waals surface area contributed by atoms with E-state index < -0.39 is 0 Å². The summed E-state index contributed by atoms with van der Waals surface area (Å²) in [7, 11) is 1.34. The molecule has 92 valence electrons. The third kappa shape index (κ3) is 3.86. The molecule has 0 aliphatic heterocycles. The molecule has 0 unspecified atom stereocenters.